The fraction of sp³-hybridized carbons (Fsp3) is 0.846. The number of carboxylic acids is 1. The van der Waals surface area contributed by atoms with Crippen LogP contribution in [0.3, 0.4) is 0 Å². The summed E-state index contributed by atoms with van der Waals surface area (Å²) in [6.07, 6.45) is 6.98. The van der Waals surface area contributed by atoms with E-state index in [2.05, 4.69) is 5.32 Å². The van der Waals surface area contributed by atoms with Crippen LogP contribution in [0.1, 0.15) is 44.9 Å². The number of likely N-dealkylation sites (tertiary alicyclic amines) is 1. The zero-order valence-corrected chi connectivity index (χ0v) is 10.5. The molecule has 3 fully saturated rings. The van der Waals surface area contributed by atoms with Crippen molar-refractivity contribution in [3.8, 4) is 0 Å². The molecule has 0 aromatic heterocycles. The predicted molar refractivity (Wildman–Crippen MR) is 65.2 cm³/mol. The molecule has 0 aromatic rings. The normalized spacial score (nSPS) is 32.8. The number of fused-ring (bicyclic) bond motifs is 1. The van der Waals surface area contributed by atoms with Crippen molar-refractivity contribution in [3.05, 3.63) is 0 Å². The second-order valence-corrected chi connectivity index (χ2v) is 5.91. The number of hydrogen-bond donors (Lipinski definition) is 2. The third kappa shape index (κ3) is 1.85. The lowest BCUT2D eigenvalue weighted by molar-refractivity contribution is -0.140. The standard InChI is InChI=1S/C13H20N2O3/c16-11(17)13(6-7-13)14-12(18)15-8-5-9-3-1-2-4-10(9)15/h9-10H,1-8H2,(H,14,18)(H,16,17). The molecule has 2 saturated carbocycles. The van der Waals surface area contributed by atoms with E-state index in [1.807, 2.05) is 4.90 Å². The molecule has 3 aliphatic rings. The third-order valence-corrected chi connectivity index (χ3v) is 4.78. The van der Waals surface area contributed by atoms with E-state index in [4.69, 9.17) is 5.11 Å². The molecule has 0 aromatic carbocycles. The fourth-order valence-electron chi connectivity index (χ4n) is 3.45. The highest BCUT2D eigenvalue weighted by Crippen LogP contribution is 2.39. The number of urea groups is 1. The maximum absolute atomic E-state index is 12.2. The zero-order valence-electron chi connectivity index (χ0n) is 10.5. The van der Waals surface area contributed by atoms with Gasteiger partial charge in [0, 0.05) is 12.6 Å². The third-order valence-electron chi connectivity index (χ3n) is 4.78. The van der Waals surface area contributed by atoms with E-state index in [0.29, 0.717) is 24.8 Å². The van der Waals surface area contributed by atoms with Gasteiger partial charge in [-0.15, -0.1) is 0 Å². The van der Waals surface area contributed by atoms with Crippen LogP contribution in [0.25, 0.3) is 0 Å². The van der Waals surface area contributed by atoms with Crippen LogP contribution in [0.2, 0.25) is 0 Å². The van der Waals surface area contributed by atoms with Crippen molar-refractivity contribution in [1.82, 2.24) is 10.2 Å². The molecule has 0 spiro atoms. The molecule has 1 saturated heterocycles. The van der Waals surface area contributed by atoms with E-state index >= 15 is 0 Å². The lowest BCUT2D eigenvalue weighted by Gasteiger charge is -2.32. The fourth-order valence-corrected chi connectivity index (χ4v) is 3.45. The zero-order chi connectivity index (χ0) is 12.8. The van der Waals surface area contributed by atoms with Gasteiger partial charge in [0.2, 0.25) is 0 Å². The molecule has 0 radical (unpaired) electrons. The van der Waals surface area contributed by atoms with Crippen LogP contribution < -0.4 is 5.32 Å². The minimum Gasteiger partial charge on any atom is -0.480 e. The van der Waals surface area contributed by atoms with Crippen molar-refractivity contribution in [2.45, 2.75) is 56.5 Å². The number of carbonyl (C=O) groups excluding carboxylic acids is 1. The van der Waals surface area contributed by atoms with Gasteiger partial charge in [-0.1, -0.05) is 12.8 Å². The summed E-state index contributed by atoms with van der Waals surface area (Å²) >= 11 is 0. The first-order chi connectivity index (χ1) is 8.62. The van der Waals surface area contributed by atoms with Gasteiger partial charge in [-0.25, -0.2) is 9.59 Å². The Hall–Kier alpha value is -1.26. The van der Waals surface area contributed by atoms with E-state index in [-0.39, 0.29) is 6.03 Å². The molecule has 0 bridgehead atoms. The molecule has 1 aliphatic heterocycles. The van der Waals surface area contributed by atoms with Gasteiger partial charge in [0.25, 0.3) is 0 Å². The SMILES string of the molecule is O=C(NC1(C(=O)O)CC1)N1CCC2CCCCC21. The Balaban J connectivity index is 1.64. The Morgan fingerprint density at radius 2 is 1.89 bits per heavy atom. The van der Waals surface area contributed by atoms with Crippen LogP contribution in [0.4, 0.5) is 4.79 Å². The van der Waals surface area contributed by atoms with Crippen LogP contribution >= 0.6 is 0 Å². The summed E-state index contributed by atoms with van der Waals surface area (Å²) in [5.74, 6) is -0.250. The Kier molecular flexibility index (Phi) is 2.72. The quantitative estimate of drug-likeness (QED) is 0.784. The summed E-state index contributed by atoms with van der Waals surface area (Å²) in [5, 5.41) is 11.8. The van der Waals surface area contributed by atoms with Gasteiger partial charge in [-0.3, -0.25) is 0 Å². The molecular weight excluding hydrogens is 232 g/mol. The van der Waals surface area contributed by atoms with Crippen LogP contribution in [-0.2, 0) is 4.79 Å². The van der Waals surface area contributed by atoms with Gasteiger partial charge < -0.3 is 15.3 Å². The molecule has 1 heterocycles. The van der Waals surface area contributed by atoms with E-state index in [1.165, 1.54) is 19.3 Å². The van der Waals surface area contributed by atoms with Gasteiger partial charge in [-0.2, -0.15) is 0 Å². The Labute approximate surface area is 107 Å². The van der Waals surface area contributed by atoms with Gasteiger partial charge >= 0.3 is 12.0 Å². The maximum atomic E-state index is 12.2. The number of carboxylic acid groups (broad SMARTS) is 1. The van der Waals surface area contributed by atoms with Gasteiger partial charge in [0.1, 0.15) is 5.54 Å². The molecule has 2 atom stereocenters. The molecular formula is C13H20N2O3. The van der Waals surface area contributed by atoms with E-state index in [9.17, 15) is 9.59 Å². The second kappa shape index (κ2) is 4.14. The second-order valence-electron chi connectivity index (χ2n) is 5.91. The Morgan fingerprint density at radius 3 is 2.56 bits per heavy atom. The number of aliphatic carboxylic acids is 1. The van der Waals surface area contributed by atoms with Crippen molar-refractivity contribution in [2.75, 3.05) is 6.54 Å². The molecule has 2 aliphatic carbocycles. The largest absolute Gasteiger partial charge is 0.480 e. The summed E-state index contributed by atoms with van der Waals surface area (Å²) in [6.45, 7) is 0.789. The van der Waals surface area contributed by atoms with Gasteiger partial charge in [0.15, 0.2) is 0 Å². The molecule has 5 nitrogen and oxygen atoms in total. The summed E-state index contributed by atoms with van der Waals surface area (Å²) in [7, 11) is 0. The first kappa shape index (κ1) is 11.8. The first-order valence-corrected chi connectivity index (χ1v) is 6.95. The number of nitrogens with zero attached hydrogens (tertiary/aromatic N) is 1. The average molecular weight is 252 g/mol. The minimum absolute atomic E-state index is 0.163. The molecule has 2 unspecified atom stereocenters. The Morgan fingerprint density at radius 1 is 1.17 bits per heavy atom. The summed E-state index contributed by atoms with van der Waals surface area (Å²) in [5.41, 5.74) is -0.955. The van der Waals surface area contributed by atoms with Crippen LogP contribution in [-0.4, -0.2) is 40.1 Å². The summed E-state index contributed by atoms with van der Waals surface area (Å²) < 4.78 is 0. The molecule has 2 N–H and O–H groups in total. The van der Waals surface area contributed by atoms with Crippen LogP contribution in [0.5, 0.6) is 0 Å². The molecule has 5 heteroatoms. The molecule has 2 amide bonds. The lowest BCUT2D eigenvalue weighted by Crippen LogP contribution is -2.51. The molecule has 100 valence electrons. The predicted octanol–water partition coefficient (Wildman–Crippen LogP) is 1.58. The van der Waals surface area contributed by atoms with E-state index in [1.54, 1.807) is 0 Å². The summed E-state index contributed by atoms with van der Waals surface area (Å²) in [4.78, 5) is 25.2. The van der Waals surface area contributed by atoms with Crippen molar-refractivity contribution in [1.29, 1.82) is 0 Å². The highest BCUT2D eigenvalue weighted by Gasteiger charge is 2.53. The number of hydrogen-bond acceptors (Lipinski definition) is 2. The highest BCUT2D eigenvalue weighted by atomic mass is 16.4. The van der Waals surface area contributed by atoms with Gasteiger partial charge in [0.05, 0.1) is 0 Å². The molecule has 3 rings (SSSR count). The van der Waals surface area contributed by atoms with E-state index < -0.39 is 11.5 Å². The van der Waals surface area contributed by atoms with Crippen molar-refractivity contribution >= 4 is 12.0 Å². The Bertz CT molecular complexity index is 378. The minimum atomic E-state index is -0.955. The smallest absolute Gasteiger partial charge is 0.329 e. The molecule has 18 heavy (non-hydrogen) atoms. The van der Waals surface area contributed by atoms with Crippen molar-refractivity contribution < 1.29 is 14.7 Å². The monoisotopic (exact) mass is 252 g/mol. The average Bonchev–Trinajstić information content (AvgIpc) is 3.01. The number of rotatable bonds is 2. The van der Waals surface area contributed by atoms with Crippen molar-refractivity contribution in [2.24, 2.45) is 5.92 Å². The summed E-state index contributed by atoms with van der Waals surface area (Å²) in [6, 6.07) is 0.188. The lowest BCUT2D eigenvalue weighted by atomic mass is 9.85. The number of nitrogens with one attached hydrogen (secondary N) is 1. The highest BCUT2D eigenvalue weighted by molar-refractivity contribution is 5.89. The first-order valence-electron chi connectivity index (χ1n) is 6.95. The van der Waals surface area contributed by atoms with Gasteiger partial charge in [-0.05, 0) is 38.0 Å². The van der Waals surface area contributed by atoms with Crippen LogP contribution in [0.15, 0.2) is 0 Å². The topological polar surface area (TPSA) is 69.6 Å². The van der Waals surface area contributed by atoms with Crippen LogP contribution in [0, 0.1) is 5.92 Å². The maximum Gasteiger partial charge on any atom is 0.329 e. The number of amides is 2. The van der Waals surface area contributed by atoms with E-state index in [0.717, 1.165) is 19.4 Å². The van der Waals surface area contributed by atoms with Crippen molar-refractivity contribution in [3.63, 3.8) is 0 Å². The number of carbonyl (C=O) groups is 2.